The van der Waals surface area contributed by atoms with Crippen LogP contribution < -0.4 is 5.32 Å². The molecule has 0 aliphatic carbocycles. The molecule has 2 amide bonds. The van der Waals surface area contributed by atoms with Crippen molar-refractivity contribution in [3.05, 3.63) is 58.8 Å². The van der Waals surface area contributed by atoms with Crippen molar-refractivity contribution in [2.24, 2.45) is 0 Å². The smallest absolute Gasteiger partial charge is 0.321 e. The maximum Gasteiger partial charge on any atom is 0.321 e. The van der Waals surface area contributed by atoms with Gasteiger partial charge in [-0.25, -0.2) is 17.6 Å². The van der Waals surface area contributed by atoms with Crippen molar-refractivity contribution in [2.45, 2.75) is 4.90 Å². The molecule has 2 aromatic rings. The number of nitrogens with zero attached hydrogens (tertiary/aromatic N) is 2. The highest BCUT2D eigenvalue weighted by atomic mass is 79.9. The van der Waals surface area contributed by atoms with Gasteiger partial charge in [0.1, 0.15) is 5.82 Å². The SMILES string of the molecule is O=C(Nc1ccc(F)cc1)N1CCN(S(=O)(=O)c2cccc(Br)c2)CC1. The molecular formula is C17H17BrFN3O3S. The minimum absolute atomic E-state index is 0.214. The molecule has 3 rings (SSSR count). The third-order valence-electron chi connectivity index (χ3n) is 4.06. The normalized spacial score (nSPS) is 15.7. The van der Waals surface area contributed by atoms with Gasteiger partial charge >= 0.3 is 6.03 Å². The molecule has 0 atom stereocenters. The number of piperazine rings is 1. The van der Waals surface area contributed by atoms with Crippen LogP contribution in [0.3, 0.4) is 0 Å². The van der Waals surface area contributed by atoms with Crippen LogP contribution in [0.15, 0.2) is 57.9 Å². The van der Waals surface area contributed by atoms with Crippen molar-refractivity contribution in [1.82, 2.24) is 9.21 Å². The highest BCUT2D eigenvalue weighted by molar-refractivity contribution is 9.10. The van der Waals surface area contributed by atoms with Gasteiger partial charge in [0, 0.05) is 36.3 Å². The van der Waals surface area contributed by atoms with Crippen LogP contribution in [0.25, 0.3) is 0 Å². The fourth-order valence-electron chi connectivity index (χ4n) is 2.64. The Morgan fingerprint density at radius 1 is 1.04 bits per heavy atom. The van der Waals surface area contributed by atoms with Gasteiger partial charge < -0.3 is 10.2 Å². The zero-order chi connectivity index (χ0) is 18.7. The van der Waals surface area contributed by atoms with Crippen LogP contribution in [0, 0.1) is 5.82 Å². The number of nitrogens with one attached hydrogen (secondary N) is 1. The lowest BCUT2D eigenvalue weighted by atomic mass is 10.3. The van der Waals surface area contributed by atoms with Gasteiger partial charge in [0.15, 0.2) is 0 Å². The van der Waals surface area contributed by atoms with E-state index in [0.717, 1.165) is 0 Å². The van der Waals surface area contributed by atoms with E-state index in [9.17, 15) is 17.6 Å². The Labute approximate surface area is 159 Å². The van der Waals surface area contributed by atoms with Crippen molar-refractivity contribution in [3.63, 3.8) is 0 Å². The molecule has 0 spiro atoms. The predicted molar refractivity (Wildman–Crippen MR) is 99.9 cm³/mol. The van der Waals surface area contributed by atoms with Gasteiger partial charge in [-0.15, -0.1) is 0 Å². The summed E-state index contributed by atoms with van der Waals surface area (Å²) in [6, 6.07) is 11.7. The van der Waals surface area contributed by atoms with Gasteiger partial charge in [-0.2, -0.15) is 4.31 Å². The molecule has 1 fully saturated rings. The van der Waals surface area contributed by atoms with Gasteiger partial charge in [0.05, 0.1) is 4.90 Å². The lowest BCUT2D eigenvalue weighted by molar-refractivity contribution is 0.184. The molecule has 2 aromatic carbocycles. The average molecular weight is 442 g/mol. The summed E-state index contributed by atoms with van der Waals surface area (Å²) in [5.41, 5.74) is 0.487. The summed E-state index contributed by atoms with van der Waals surface area (Å²) >= 11 is 3.28. The second-order valence-corrected chi connectivity index (χ2v) is 8.64. The Kier molecular flexibility index (Phi) is 5.59. The van der Waals surface area contributed by atoms with Crippen molar-refractivity contribution < 1.29 is 17.6 Å². The van der Waals surface area contributed by atoms with Crippen molar-refractivity contribution in [1.29, 1.82) is 0 Å². The third-order valence-corrected chi connectivity index (χ3v) is 6.44. The number of hydrogen-bond donors (Lipinski definition) is 1. The highest BCUT2D eigenvalue weighted by Crippen LogP contribution is 2.21. The Balaban J connectivity index is 1.61. The minimum Gasteiger partial charge on any atom is -0.322 e. The average Bonchev–Trinajstić information content (AvgIpc) is 2.64. The van der Waals surface area contributed by atoms with Gasteiger partial charge in [-0.1, -0.05) is 22.0 Å². The first-order chi connectivity index (χ1) is 12.4. The van der Waals surface area contributed by atoms with Crippen molar-refractivity contribution in [3.8, 4) is 0 Å². The van der Waals surface area contributed by atoms with E-state index in [0.29, 0.717) is 10.2 Å². The number of urea groups is 1. The summed E-state index contributed by atoms with van der Waals surface area (Å²) in [6.45, 7) is 0.984. The first kappa shape index (κ1) is 18.8. The number of halogens is 2. The Morgan fingerprint density at radius 3 is 2.31 bits per heavy atom. The van der Waals surface area contributed by atoms with E-state index in [1.807, 2.05) is 0 Å². The molecule has 1 N–H and O–H groups in total. The summed E-state index contributed by atoms with van der Waals surface area (Å²) in [4.78, 5) is 14.0. The molecule has 1 saturated heterocycles. The monoisotopic (exact) mass is 441 g/mol. The van der Waals surface area contributed by atoms with Crippen LogP contribution in [0.4, 0.5) is 14.9 Å². The molecule has 0 bridgehead atoms. The zero-order valence-corrected chi connectivity index (χ0v) is 16.1. The number of carbonyl (C=O) groups is 1. The minimum atomic E-state index is -3.59. The summed E-state index contributed by atoms with van der Waals surface area (Å²) in [5, 5.41) is 2.68. The number of anilines is 1. The first-order valence-corrected chi connectivity index (χ1v) is 10.2. The van der Waals surface area contributed by atoms with Crippen molar-refractivity contribution in [2.75, 3.05) is 31.5 Å². The summed E-state index contributed by atoms with van der Waals surface area (Å²) < 4.78 is 40.4. The topological polar surface area (TPSA) is 69.7 Å². The lowest BCUT2D eigenvalue weighted by Gasteiger charge is -2.34. The van der Waals surface area contributed by atoms with E-state index in [1.54, 1.807) is 24.3 Å². The molecular weight excluding hydrogens is 425 g/mol. The third kappa shape index (κ3) is 4.22. The number of hydrogen-bond acceptors (Lipinski definition) is 3. The molecule has 9 heteroatoms. The van der Waals surface area contributed by atoms with Crippen LogP contribution in [0.2, 0.25) is 0 Å². The van der Waals surface area contributed by atoms with Gasteiger partial charge in [-0.3, -0.25) is 0 Å². The Bertz CT molecular complexity index is 898. The van der Waals surface area contributed by atoms with Crippen LogP contribution in [-0.4, -0.2) is 49.8 Å². The molecule has 1 aliphatic heterocycles. The van der Waals surface area contributed by atoms with Crippen molar-refractivity contribution >= 4 is 37.7 Å². The molecule has 0 saturated carbocycles. The number of benzene rings is 2. The van der Waals surface area contributed by atoms with Gasteiger partial charge in [0.2, 0.25) is 10.0 Å². The fraction of sp³-hybridized carbons (Fsp3) is 0.235. The lowest BCUT2D eigenvalue weighted by Crippen LogP contribution is -2.51. The summed E-state index contributed by atoms with van der Waals surface area (Å²) in [6.07, 6.45) is 0. The van der Waals surface area contributed by atoms with Crippen LogP contribution in [0.5, 0.6) is 0 Å². The van der Waals surface area contributed by atoms with E-state index in [2.05, 4.69) is 21.2 Å². The molecule has 0 aromatic heterocycles. The molecule has 0 unspecified atom stereocenters. The maximum atomic E-state index is 12.9. The molecule has 0 radical (unpaired) electrons. The van der Waals surface area contributed by atoms with E-state index < -0.39 is 10.0 Å². The van der Waals surface area contributed by atoms with E-state index >= 15 is 0 Å². The molecule has 138 valence electrons. The van der Waals surface area contributed by atoms with Gasteiger partial charge in [-0.05, 0) is 42.5 Å². The maximum absolute atomic E-state index is 12.9. The van der Waals surface area contributed by atoms with Crippen LogP contribution >= 0.6 is 15.9 Å². The summed E-state index contributed by atoms with van der Waals surface area (Å²) in [5.74, 6) is -0.380. The molecule has 1 heterocycles. The van der Waals surface area contributed by atoms with E-state index in [-0.39, 0.29) is 42.9 Å². The Morgan fingerprint density at radius 2 is 1.69 bits per heavy atom. The number of carbonyl (C=O) groups excluding carboxylic acids is 1. The van der Waals surface area contributed by atoms with Gasteiger partial charge in [0.25, 0.3) is 0 Å². The zero-order valence-electron chi connectivity index (χ0n) is 13.7. The Hall–Kier alpha value is -1.97. The second-order valence-electron chi connectivity index (χ2n) is 5.79. The molecule has 1 aliphatic rings. The first-order valence-electron chi connectivity index (χ1n) is 7.93. The second kappa shape index (κ2) is 7.73. The highest BCUT2D eigenvalue weighted by Gasteiger charge is 2.30. The van der Waals surface area contributed by atoms with E-state index in [1.165, 1.54) is 33.5 Å². The summed E-state index contributed by atoms with van der Waals surface area (Å²) in [7, 11) is -3.59. The standard InChI is InChI=1S/C17H17BrFN3O3S/c18-13-2-1-3-16(12-13)26(24,25)22-10-8-21(9-11-22)17(23)20-15-6-4-14(19)5-7-15/h1-7,12H,8-11H2,(H,20,23). The quantitative estimate of drug-likeness (QED) is 0.795. The largest absolute Gasteiger partial charge is 0.322 e. The molecule has 26 heavy (non-hydrogen) atoms. The number of rotatable bonds is 3. The fourth-order valence-corrected chi connectivity index (χ4v) is 4.66. The number of sulfonamides is 1. The predicted octanol–water partition coefficient (Wildman–Crippen LogP) is 3.13. The van der Waals surface area contributed by atoms with Crippen LogP contribution in [0.1, 0.15) is 0 Å². The molecule has 6 nitrogen and oxygen atoms in total. The van der Waals surface area contributed by atoms with Crippen LogP contribution in [-0.2, 0) is 10.0 Å². The number of amides is 2. The van der Waals surface area contributed by atoms with E-state index in [4.69, 9.17) is 0 Å².